The van der Waals surface area contributed by atoms with Crippen LogP contribution >= 0.6 is 0 Å². The van der Waals surface area contributed by atoms with Crippen molar-refractivity contribution in [3.05, 3.63) is 70.8 Å². The molecule has 0 spiro atoms. The Labute approximate surface area is 147 Å². The van der Waals surface area contributed by atoms with Crippen LogP contribution in [0, 0.1) is 0 Å². The van der Waals surface area contributed by atoms with Crippen LogP contribution in [-0.4, -0.2) is 26.6 Å². The zero-order valence-electron chi connectivity index (χ0n) is 13.6. The monoisotopic (exact) mass is 353 g/mol. The summed E-state index contributed by atoms with van der Waals surface area (Å²) in [4.78, 5) is 39.7. The van der Waals surface area contributed by atoms with E-state index >= 15 is 0 Å². The van der Waals surface area contributed by atoms with Gasteiger partial charge >= 0.3 is 11.8 Å². The highest BCUT2D eigenvalue weighted by molar-refractivity contribution is 5.94. The van der Waals surface area contributed by atoms with Crippen molar-refractivity contribution in [1.82, 2.24) is 25.3 Å². The third-order valence-corrected chi connectivity index (χ3v) is 3.43. The van der Waals surface area contributed by atoms with E-state index in [0.717, 1.165) is 10.1 Å². The molecule has 0 fully saturated rings. The molecule has 26 heavy (non-hydrogen) atoms. The van der Waals surface area contributed by atoms with Gasteiger partial charge in [-0.2, -0.15) is 0 Å². The summed E-state index contributed by atoms with van der Waals surface area (Å²) in [5.41, 5.74) is 1.27. The van der Waals surface area contributed by atoms with Crippen molar-refractivity contribution in [2.24, 2.45) is 0 Å². The summed E-state index contributed by atoms with van der Waals surface area (Å²) in [5.74, 6) is -1.39. The fourth-order valence-corrected chi connectivity index (χ4v) is 2.22. The van der Waals surface area contributed by atoms with Gasteiger partial charge in [-0.1, -0.05) is 41.6 Å². The molecule has 2 aromatic heterocycles. The van der Waals surface area contributed by atoms with E-state index in [1.807, 2.05) is 30.3 Å². The molecule has 0 radical (unpaired) electrons. The number of imide groups is 1. The summed E-state index contributed by atoms with van der Waals surface area (Å²) >= 11 is 0. The molecule has 0 saturated heterocycles. The molecule has 3 rings (SSSR count). The number of nitrogens with zero attached hydrogens (tertiary/aromatic N) is 3. The lowest BCUT2D eigenvalue weighted by Crippen LogP contribution is -2.41. The van der Waals surface area contributed by atoms with E-state index in [2.05, 4.69) is 25.3 Å². The van der Waals surface area contributed by atoms with E-state index in [1.54, 1.807) is 18.2 Å². The Hall–Kier alpha value is -3.75. The van der Waals surface area contributed by atoms with E-state index in [1.165, 1.54) is 6.20 Å². The molecule has 1 aromatic carbocycles. The van der Waals surface area contributed by atoms with Gasteiger partial charge in [0.15, 0.2) is 0 Å². The number of aromatic nitrogens is 3. The Morgan fingerprint density at radius 1 is 1.08 bits per heavy atom. The number of urea groups is 1. The third kappa shape index (κ3) is 4.20. The Kier molecular flexibility index (Phi) is 5.18. The number of carbonyl (C=O) groups excluding carboxylic acids is 2. The number of pyridine rings is 1. The van der Waals surface area contributed by atoms with E-state index in [-0.39, 0.29) is 12.4 Å². The zero-order chi connectivity index (χ0) is 18.4. The Bertz CT molecular complexity index is 950. The first-order valence-corrected chi connectivity index (χ1v) is 7.73. The fraction of sp³-hybridized carbons (Fsp3) is 0.118. The maximum atomic E-state index is 12.0. The van der Waals surface area contributed by atoms with Crippen LogP contribution in [-0.2, 0) is 17.9 Å². The Morgan fingerprint density at radius 2 is 1.85 bits per heavy atom. The van der Waals surface area contributed by atoms with Crippen molar-refractivity contribution in [3.63, 3.8) is 0 Å². The van der Waals surface area contributed by atoms with Gasteiger partial charge in [-0.25, -0.2) is 14.2 Å². The number of rotatable bonds is 5. The molecular weight excluding hydrogens is 338 g/mol. The maximum absolute atomic E-state index is 12.0. The molecule has 0 aliphatic carbocycles. The van der Waals surface area contributed by atoms with Crippen LogP contribution in [0.5, 0.6) is 0 Å². The Morgan fingerprint density at radius 3 is 2.58 bits per heavy atom. The first-order chi connectivity index (χ1) is 12.6. The molecule has 0 aliphatic rings. The number of carbonyl (C=O) groups is 2. The van der Waals surface area contributed by atoms with Crippen molar-refractivity contribution >= 4 is 11.9 Å². The largest absolute Gasteiger partial charge is 0.442 e. The van der Waals surface area contributed by atoms with Crippen molar-refractivity contribution in [2.75, 3.05) is 0 Å². The molecule has 2 N–H and O–H groups in total. The quantitative estimate of drug-likeness (QED) is 0.704. The van der Waals surface area contributed by atoms with Gasteiger partial charge in [0.1, 0.15) is 12.2 Å². The van der Waals surface area contributed by atoms with Crippen molar-refractivity contribution in [1.29, 1.82) is 0 Å². The molecule has 0 unspecified atom stereocenters. The van der Waals surface area contributed by atoms with Crippen LogP contribution < -0.4 is 16.4 Å². The van der Waals surface area contributed by atoms with Gasteiger partial charge < -0.3 is 5.32 Å². The number of hydrogen-bond acceptors (Lipinski definition) is 6. The summed E-state index contributed by atoms with van der Waals surface area (Å²) in [7, 11) is 0. The van der Waals surface area contributed by atoms with Gasteiger partial charge in [0, 0.05) is 12.7 Å². The van der Waals surface area contributed by atoms with Crippen molar-refractivity contribution in [2.45, 2.75) is 13.1 Å². The predicted octanol–water partition coefficient (Wildman–Crippen LogP) is 0.924. The van der Waals surface area contributed by atoms with Crippen molar-refractivity contribution in [3.8, 4) is 11.5 Å². The molecule has 0 aliphatic heterocycles. The van der Waals surface area contributed by atoms with Crippen LogP contribution in [0.2, 0.25) is 0 Å². The molecule has 2 heterocycles. The topological polar surface area (TPSA) is 119 Å². The molecule has 9 nitrogen and oxygen atoms in total. The number of nitrogens with one attached hydrogen (secondary N) is 2. The van der Waals surface area contributed by atoms with Crippen LogP contribution in [0.1, 0.15) is 5.56 Å². The number of amides is 3. The smallest absolute Gasteiger partial charge is 0.334 e. The highest BCUT2D eigenvalue weighted by Gasteiger charge is 2.17. The average molecular weight is 353 g/mol. The molecule has 3 aromatic rings. The van der Waals surface area contributed by atoms with E-state index in [0.29, 0.717) is 5.69 Å². The highest BCUT2D eigenvalue weighted by Crippen LogP contribution is 2.11. The predicted molar refractivity (Wildman–Crippen MR) is 90.8 cm³/mol. The minimum atomic E-state index is -0.814. The standard InChI is InChI=1S/C17H15N5O4/c23-14(20-16(24)19-10-12-6-2-1-3-7-12)11-22-15(21-26-17(22)25)13-8-4-5-9-18-13/h1-9H,10-11H2,(H2,19,20,23,24). The van der Waals surface area contributed by atoms with E-state index < -0.39 is 24.2 Å². The second kappa shape index (κ2) is 7.88. The zero-order valence-corrected chi connectivity index (χ0v) is 13.6. The van der Waals surface area contributed by atoms with E-state index in [4.69, 9.17) is 0 Å². The molecule has 0 saturated carbocycles. The molecule has 132 valence electrons. The van der Waals surface area contributed by atoms with E-state index in [9.17, 15) is 14.4 Å². The van der Waals surface area contributed by atoms with Gasteiger partial charge in [0.2, 0.25) is 11.7 Å². The molecule has 3 amide bonds. The first kappa shape index (κ1) is 17.1. The second-order valence-electron chi connectivity index (χ2n) is 5.29. The summed E-state index contributed by atoms with van der Waals surface area (Å²) < 4.78 is 5.60. The van der Waals surface area contributed by atoms with Crippen LogP contribution in [0.15, 0.2) is 64.0 Å². The first-order valence-electron chi connectivity index (χ1n) is 7.73. The molecule has 0 atom stereocenters. The summed E-state index contributed by atoms with van der Waals surface area (Å²) in [6.45, 7) is -0.153. The SMILES string of the molecule is O=C(Cn1c(-c2ccccn2)noc1=O)NC(=O)NCc1ccccc1. The van der Waals surface area contributed by atoms with Gasteiger partial charge in [0.25, 0.3) is 0 Å². The summed E-state index contributed by atoms with van der Waals surface area (Å²) in [6.07, 6.45) is 1.52. The third-order valence-electron chi connectivity index (χ3n) is 3.43. The van der Waals surface area contributed by atoms with Crippen LogP contribution in [0.4, 0.5) is 4.79 Å². The summed E-state index contributed by atoms with van der Waals surface area (Å²) in [6, 6.07) is 13.6. The summed E-state index contributed by atoms with van der Waals surface area (Å²) in [5, 5.41) is 8.34. The minimum Gasteiger partial charge on any atom is -0.334 e. The average Bonchev–Trinajstić information content (AvgIpc) is 3.02. The second-order valence-corrected chi connectivity index (χ2v) is 5.29. The van der Waals surface area contributed by atoms with Gasteiger partial charge in [0.05, 0.1) is 0 Å². The number of benzene rings is 1. The number of hydrogen-bond donors (Lipinski definition) is 2. The highest BCUT2D eigenvalue weighted by atomic mass is 16.5. The molecular formula is C17H15N5O4. The lowest BCUT2D eigenvalue weighted by molar-refractivity contribution is -0.120. The Balaban J connectivity index is 1.61. The van der Waals surface area contributed by atoms with Crippen LogP contribution in [0.3, 0.4) is 0 Å². The molecule has 9 heteroatoms. The maximum Gasteiger partial charge on any atom is 0.442 e. The van der Waals surface area contributed by atoms with Gasteiger partial charge in [-0.3, -0.25) is 19.6 Å². The lowest BCUT2D eigenvalue weighted by Gasteiger charge is -2.07. The van der Waals surface area contributed by atoms with Crippen LogP contribution in [0.25, 0.3) is 11.5 Å². The molecule has 0 bridgehead atoms. The fourth-order valence-electron chi connectivity index (χ4n) is 2.22. The van der Waals surface area contributed by atoms with Gasteiger partial charge in [-0.15, -0.1) is 0 Å². The van der Waals surface area contributed by atoms with Crippen molar-refractivity contribution < 1.29 is 14.1 Å². The normalized spacial score (nSPS) is 10.3. The van der Waals surface area contributed by atoms with Gasteiger partial charge in [-0.05, 0) is 17.7 Å². The minimum absolute atomic E-state index is 0.107. The lowest BCUT2D eigenvalue weighted by atomic mass is 10.2.